The molecule has 0 aliphatic carbocycles. The first-order chi connectivity index (χ1) is 16.0. The lowest BCUT2D eigenvalue weighted by Gasteiger charge is -2.33. The lowest BCUT2D eigenvalue weighted by Crippen LogP contribution is -2.53. The van der Waals surface area contributed by atoms with Crippen LogP contribution in [0, 0.1) is 0 Å². The fraction of sp³-hybridized carbons (Fsp3) is 0.0741. The highest BCUT2D eigenvalue weighted by Crippen LogP contribution is 2.32. The summed E-state index contributed by atoms with van der Waals surface area (Å²) < 4.78 is 0. The Balaban J connectivity index is 1.58. The van der Waals surface area contributed by atoms with Gasteiger partial charge in [-0.05, 0) is 35.2 Å². The van der Waals surface area contributed by atoms with E-state index in [9.17, 15) is 19.5 Å². The summed E-state index contributed by atoms with van der Waals surface area (Å²) in [5.41, 5.74) is 1.97. The van der Waals surface area contributed by atoms with Gasteiger partial charge in [0.25, 0.3) is 11.8 Å². The van der Waals surface area contributed by atoms with Crippen molar-refractivity contribution in [2.75, 3.05) is 5.32 Å². The van der Waals surface area contributed by atoms with Gasteiger partial charge < -0.3 is 10.4 Å². The first-order valence-electron chi connectivity index (χ1n) is 10.6. The third-order valence-corrected chi connectivity index (χ3v) is 5.80. The minimum Gasteiger partial charge on any atom is -0.508 e. The van der Waals surface area contributed by atoms with E-state index in [0.717, 1.165) is 15.8 Å². The molecular formula is C27H20N2O4. The number of carbonyl (C=O) groups is 3. The van der Waals surface area contributed by atoms with Crippen LogP contribution in [0.25, 0.3) is 10.8 Å². The van der Waals surface area contributed by atoms with Gasteiger partial charge in [-0.25, -0.2) is 0 Å². The predicted molar refractivity (Wildman–Crippen MR) is 125 cm³/mol. The number of hydrogen-bond donors (Lipinski definition) is 2. The predicted octanol–water partition coefficient (Wildman–Crippen LogP) is 4.39. The summed E-state index contributed by atoms with van der Waals surface area (Å²) in [6.07, 6.45) is 0.154. The Kier molecular flexibility index (Phi) is 5.11. The van der Waals surface area contributed by atoms with Gasteiger partial charge in [-0.2, -0.15) is 0 Å². The second-order valence-electron chi connectivity index (χ2n) is 7.93. The van der Waals surface area contributed by atoms with Gasteiger partial charge in [0.15, 0.2) is 0 Å². The van der Waals surface area contributed by atoms with Crippen molar-refractivity contribution in [3.05, 3.63) is 108 Å². The molecule has 0 aromatic heterocycles. The monoisotopic (exact) mass is 436 g/mol. The van der Waals surface area contributed by atoms with Crippen LogP contribution in [0.1, 0.15) is 26.3 Å². The number of hydrogen-bond acceptors (Lipinski definition) is 4. The first kappa shape index (κ1) is 20.5. The highest BCUT2D eigenvalue weighted by molar-refractivity contribution is 6.26. The van der Waals surface area contributed by atoms with Crippen LogP contribution in [0.15, 0.2) is 91.0 Å². The molecule has 0 unspecified atom stereocenters. The summed E-state index contributed by atoms with van der Waals surface area (Å²) >= 11 is 0. The van der Waals surface area contributed by atoms with Crippen molar-refractivity contribution in [3.8, 4) is 5.75 Å². The Morgan fingerprint density at radius 3 is 2.09 bits per heavy atom. The van der Waals surface area contributed by atoms with Gasteiger partial charge in [-0.3, -0.25) is 19.3 Å². The number of carbonyl (C=O) groups excluding carboxylic acids is 3. The molecule has 1 aliphatic heterocycles. The maximum absolute atomic E-state index is 13.5. The Morgan fingerprint density at radius 2 is 1.45 bits per heavy atom. The average Bonchev–Trinajstić information content (AvgIpc) is 2.82. The number of nitrogens with zero attached hydrogens (tertiary/aromatic N) is 1. The zero-order valence-electron chi connectivity index (χ0n) is 17.6. The standard InChI is InChI=1S/C27H20N2O4/c30-20-12-6-11-19(16-20)28-25(31)23(15-17-7-2-1-3-8-17)29-26(32)21-13-4-9-18-10-5-14-22(24(18)21)27(29)33/h1-14,16,23,30H,15H2,(H,28,31)/t23-/m1/s1. The van der Waals surface area contributed by atoms with Crippen LogP contribution in [0.4, 0.5) is 5.69 Å². The van der Waals surface area contributed by atoms with E-state index in [-0.39, 0.29) is 12.2 Å². The molecular weight excluding hydrogens is 416 g/mol. The molecule has 0 fully saturated rings. The third kappa shape index (κ3) is 3.72. The molecule has 1 heterocycles. The van der Waals surface area contributed by atoms with Crippen LogP contribution in [-0.2, 0) is 11.2 Å². The number of phenols is 1. The summed E-state index contributed by atoms with van der Waals surface area (Å²) in [6, 6.07) is 24.9. The van der Waals surface area contributed by atoms with E-state index in [4.69, 9.17) is 0 Å². The van der Waals surface area contributed by atoms with Crippen molar-refractivity contribution >= 4 is 34.2 Å². The van der Waals surface area contributed by atoms with Gasteiger partial charge in [-0.15, -0.1) is 0 Å². The molecule has 1 atom stereocenters. The molecule has 0 saturated heterocycles. The van der Waals surface area contributed by atoms with Gasteiger partial charge in [0.2, 0.25) is 5.91 Å². The molecule has 0 saturated carbocycles. The van der Waals surface area contributed by atoms with Gasteiger partial charge >= 0.3 is 0 Å². The molecule has 2 N–H and O–H groups in total. The van der Waals surface area contributed by atoms with Gasteiger partial charge in [-0.1, -0.05) is 60.7 Å². The number of benzene rings is 4. The largest absolute Gasteiger partial charge is 0.508 e. The van der Waals surface area contributed by atoms with Crippen LogP contribution < -0.4 is 5.32 Å². The van der Waals surface area contributed by atoms with E-state index in [1.807, 2.05) is 42.5 Å². The Labute approximate surface area is 190 Å². The number of aromatic hydroxyl groups is 1. The number of imide groups is 1. The number of nitrogens with one attached hydrogen (secondary N) is 1. The molecule has 33 heavy (non-hydrogen) atoms. The number of amides is 3. The minimum atomic E-state index is -1.08. The third-order valence-electron chi connectivity index (χ3n) is 5.80. The quantitative estimate of drug-likeness (QED) is 0.454. The number of phenolic OH excluding ortho intramolecular Hbond substituents is 1. The van der Waals surface area contributed by atoms with Gasteiger partial charge in [0.05, 0.1) is 0 Å². The van der Waals surface area contributed by atoms with Crippen LogP contribution in [0.3, 0.4) is 0 Å². The van der Waals surface area contributed by atoms with Crippen molar-refractivity contribution < 1.29 is 19.5 Å². The number of anilines is 1. The fourth-order valence-corrected chi connectivity index (χ4v) is 4.28. The second-order valence-corrected chi connectivity index (χ2v) is 7.93. The van der Waals surface area contributed by atoms with Gasteiger partial charge in [0.1, 0.15) is 11.8 Å². The highest BCUT2D eigenvalue weighted by Gasteiger charge is 2.40. The lowest BCUT2D eigenvalue weighted by molar-refractivity contribution is -0.120. The normalized spacial score (nSPS) is 13.8. The van der Waals surface area contributed by atoms with Crippen LogP contribution in [0.2, 0.25) is 0 Å². The Hall–Kier alpha value is -4.45. The van der Waals surface area contributed by atoms with E-state index < -0.39 is 23.8 Å². The van der Waals surface area contributed by atoms with E-state index in [2.05, 4.69) is 5.32 Å². The summed E-state index contributed by atoms with van der Waals surface area (Å²) in [4.78, 5) is 41.6. The Bertz CT molecular complexity index is 1350. The summed E-state index contributed by atoms with van der Waals surface area (Å²) in [5, 5.41) is 13.9. The van der Waals surface area contributed by atoms with Crippen molar-refractivity contribution in [1.82, 2.24) is 4.90 Å². The molecule has 6 heteroatoms. The van der Waals surface area contributed by atoms with Crippen molar-refractivity contribution in [1.29, 1.82) is 0 Å². The molecule has 1 aliphatic rings. The van der Waals surface area contributed by atoms with Crippen molar-refractivity contribution in [2.24, 2.45) is 0 Å². The average molecular weight is 436 g/mol. The summed E-state index contributed by atoms with van der Waals surface area (Å²) in [7, 11) is 0. The lowest BCUT2D eigenvalue weighted by atomic mass is 9.92. The van der Waals surface area contributed by atoms with Crippen LogP contribution in [0.5, 0.6) is 5.75 Å². The molecule has 4 aromatic rings. The minimum absolute atomic E-state index is 0.00172. The topological polar surface area (TPSA) is 86.7 Å². The van der Waals surface area contributed by atoms with Gasteiger partial charge in [0, 0.05) is 34.7 Å². The smallest absolute Gasteiger partial charge is 0.262 e. The molecule has 6 nitrogen and oxygen atoms in total. The zero-order chi connectivity index (χ0) is 22.9. The molecule has 0 radical (unpaired) electrons. The second kappa shape index (κ2) is 8.24. The summed E-state index contributed by atoms with van der Waals surface area (Å²) in [5.74, 6) is -1.52. The SMILES string of the molecule is O=C(Nc1cccc(O)c1)[C@@H](Cc1ccccc1)N1C(=O)c2cccc3cccc(c23)C1=O. The van der Waals surface area contributed by atoms with E-state index in [1.54, 1.807) is 36.4 Å². The van der Waals surface area contributed by atoms with Crippen LogP contribution in [-0.4, -0.2) is 33.8 Å². The molecule has 0 spiro atoms. The first-order valence-corrected chi connectivity index (χ1v) is 10.6. The molecule has 162 valence electrons. The molecule has 3 amide bonds. The zero-order valence-corrected chi connectivity index (χ0v) is 17.6. The van der Waals surface area contributed by atoms with E-state index in [1.165, 1.54) is 12.1 Å². The fourth-order valence-electron chi connectivity index (χ4n) is 4.28. The van der Waals surface area contributed by atoms with Crippen molar-refractivity contribution in [2.45, 2.75) is 12.5 Å². The maximum Gasteiger partial charge on any atom is 0.262 e. The Morgan fingerprint density at radius 1 is 0.818 bits per heavy atom. The van der Waals surface area contributed by atoms with E-state index in [0.29, 0.717) is 22.2 Å². The van der Waals surface area contributed by atoms with Crippen molar-refractivity contribution in [3.63, 3.8) is 0 Å². The molecule has 4 aromatic carbocycles. The maximum atomic E-state index is 13.5. The van der Waals surface area contributed by atoms with E-state index >= 15 is 0 Å². The van der Waals surface area contributed by atoms with Crippen LogP contribution >= 0.6 is 0 Å². The number of rotatable bonds is 5. The molecule has 0 bridgehead atoms. The summed E-state index contributed by atoms with van der Waals surface area (Å²) in [6.45, 7) is 0. The molecule has 5 rings (SSSR count). The highest BCUT2D eigenvalue weighted by atomic mass is 16.3.